The van der Waals surface area contributed by atoms with Crippen molar-refractivity contribution in [1.29, 1.82) is 0 Å². The van der Waals surface area contributed by atoms with E-state index in [1.807, 2.05) is 24.3 Å². The van der Waals surface area contributed by atoms with Crippen molar-refractivity contribution in [3.05, 3.63) is 52.8 Å². The normalized spacial score (nSPS) is 17.6. The summed E-state index contributed by atoms with van der Waals surface area (Å²) in [6.07, 6.45) is 1.00. The summed E-state index contributed by atoms with van der Waals surface area (Å²) in [5.74, 6) is 0. The van der Waals surface area contributed by atoms with Crippen LogP contribution >= 0.6 is 11.6 Å². The Morgan fingerprint density at radius 1 is 1.13 bits per heavy atom. The van der Waals surface area contributed by atoms with Crippen LogP contribution in [0.2, 0.25) is 5.02 Å². The topological polar surface area (TPSA) is 29.9 Å². The van der Waals surface area contributed by atoms with Gasteiger partial charge in [0.1, 0.15) is 0 Å². The highest BCUT2D eigenvalue weighted by Gasteiger charge is 2.36. The molecule has 1 aromatic carbocycles. The molecule has 0 radical (unpaired) electrons. The Morgan fingerprint density at radius 3 is 2.35 bits per heavy atom. The van der Waals surface area contributed by atoms with Gasteiger partial charge < -0.3 is 0 Å². The van der Waals surface area contributed by atoms with E-state index in [1.165, 1.54) is 10.9 Å². The SMILES string of the molecule is FC(F)(F)c1ccn(CNC2(c3ccc(Cl)cc3)CCCC2)n1. The highest BCUT2D eigenvalue weighted by atomic mass is 35.5. The van der Waals surface area contributed by atoms with Crippen LogP contribution in [0.1, 0.15) is 36.9 Å². The average molecular weight is 344 g/mol. The van der Waals surface area contributed by atoms with Crippen molar-refractivity contribution in [3.63, 3.8) is 0 Å². The third kappa shape index (κ3) is 3.53. The molecule has 0 bridgehead atoms. The number of nitrogens with zero attached hydrogens (tertiary/aromatic N) is 2. The van der Waals surface area contributed by atoms with E-state index in [2.05, 4.69) is 10.4 Å². The van der Waals surface area contributed by atoms with Gasteiger partial charge in [-0.25, -0.2) is 0 Å². The fraction of sp³-hybridized carbons (Fsp3) is 0.438. The molecule has 0 saturated heterocycles. The van der Waals surface area contributed by atoms with Gasteiger partial charge in [0.05, 0.1) is 6.67 Å². The van der Waals surface area contributed by atoms with Crippen LogP contribution in [-0.2, 0) is 18.4 Å². The molecule has 1 aliphatic rings. The van der Waals surface area contributed by atoms with Gasteiger partial charge >= 0.3 is 6.18 Å². The number of hydrogen-bond donors (Lipinski definition) is 1. The summed E-state index contributed by atoms with van der Waals surface area (Å²) in [5.41, 5.74) is 0.0171. The fourth-order valence-electron chi connectivity index (χ4n) is 3.15. The lowest BCUT2D eigenvalue weighted by molar-refractivity contribution is -0.141. The first-order valence-corrected chi connectivity index (χ1v) is 7.89. The zero-order chi connectivity index (χ0) is 16.5. The zero-order valence-corrected chi connectivity index (χ0v) is 13.2. The van der Waals surface area contributed by atoms with Crippen LogP contribution in [0.15, 0.2) is 36.5 Å². The van der Waals surface area contributed by atoms with Crippen molar-refractivity contribution in [2.45, 2.75) is 44.1 Å². The van der Waals surface area contributed by atoms with E-state index in [9.17, 15) is 13.2 Å². The number of benzene rings is 1. The smallest absolute Gasteiger partial charge is 0.289 e. The summed E-state index contributed by atoms with van der Waals surface area (Å²) in [7, 11) is 0. The second-order valence-corrected chi connectivity index (χ2v) is 6.31. The number of rotatable bonds is 4. The van der Waals surface area contributed by atoms with Gasteiger partial charge in [-0.1, -0.05) is 36.6 Å². The molecule has 0 unspecified atom stereocenters. The van der Waals surface area contributed by atoms with Crippen LogP contribution in [0, 0.1) is 0 Å². The summed E-state index contributed by atoms with van der Waals surface area (Å²) in [5, 5.41) is 7.66. The summed E-state index contributed by atoms with van der Waals surface area (Å²) in [6, 6.07) is 8.63. The Bertz CT molecular complexity index is 658. The summed E-state index contributed by atoms with van der Waals surface area (Å²) < 4.78 is 39.1. The van der Waals surface area contributed by atoms with E-state index in [0.29, 0.717) is 5.02 Å². The molecule has 7 heteroatoms. The summed E-state index contributed by atoms with van der Waals surface area (Å²) in [4.78, 5) is 0. The molecule has 0 spiro atoms. The first kappa shape index (κ1) is 16.3. The van der Waals surface area contributed by atoms with E-state index in [-0.39, 0.29) is 12.2 Å². The molecule has 1 N–H and O–H groups in total. The third-order valence-electron chi connectivity index (χ3n) is 4.36. The number of hydrogen-bond acceptors (Lipinski definition) is 2. The lowest BCUT2D eigenvalue weighted by Crippen LogP contribution is -2.41. The van der Waals surface area contributed by atoms with Crippen molar-refractivity contribution in [3.8, 4) is 0 Å². The maximum Gasteiger partial charge on any atom is 0.435 e. The molecule has 1 aliphatic carbocycles. The van der Waals surface area contributed by atoms with Crippen LogP contribution in [0.4, 0.5) is 13.2 Å². The molecule has 3 rings (SSSR count). The molecule has 0 atom stereocenters. The monoisotopic (exact) mass is 343 g/mol. The average Bonchev–Trinajstić information content (AvgIpc) is 3.15. The minimum atomic E-state index is -4.41. The second kappa shape index (κ2) is 6.17. The number of aromatic nitrogens is 2. The molecule has 124 valence electrons. The van der Waals surface area contributed by atoms with E-state index < -0.39 is 11.9 Å². The Balaban J connectivity index is 1.76. The lowest BCUT2D eigenvalue weighted by atomic mass is 9.88. The molecule has 23 heavy (non-hydrogen) atoms. The molecule has 2 aromatic rings. The van der Waals surface area contributed by atoms with Gasteiger partial charge in [-0.05, 0) is 36.6 Å². The molecular formula is C16H17ClF3N3. The predicted octanol–water partition coefficient (Wildman–Crippen LogP) is 4.57. The zero-order valence-electron chi connectivity index (χ0n) is 12.4. The molecule has 3 nitrogen and oxygen atoms in total. The van der Waals surface area contributed by atoms with E-state index in [1.54, 1.807) is 0 Å². The maximum atomic E-state index is 12.6. The number of halogens is 4. The summed E-state index contributed by atoms with van der Waals surface area (Å²) in [6.45, 7) is 0.235. The molecule has 1 fully saturated rings. The fourth-order valence-corrected chi connectivity index (χ4v) is 3.27. The van der Waals surface area contributed by atoms with Crippen molar-refractivity contribution in [2.75, 3.05) is 0 Å². The van der Waals surface area contributed by atoms with Gasteiger partial charge in [0.2, 0.25) is 0 Å². The molecule has 1 aromatic heterocycles. The van der Waals surface area contributed by atoms with Gasteiger partial charge in [-0.15, -0.1) is 0 Å². The maximum absolute atomic E-state index is 12.6. The van der Waals surface area contributed by atoms with Gasteiger partial charge in [0.15, 0.2) is 5.69 Å². The summed E-state index contributed by atoms with van der Waals surface area (Å²) >= 11 is 5.94. The Kier molecular flexibility index (Phi) is 4.38. The van der Waals surface area contributed by atoms with Gasteiger partial charge in [0, 0.05) is 16.8 Å². The molecule has 0 amide bonds. The van der Waals surface area contributed by atoms with E-state index >= 15 is 0 Å². The number of alkyl halides is 3. The minimum Gasteiger partial charge on any atom is -0.289 e. The first-order valence-electron chi connectivity index (χ1n) is 7.51. The van der Waals surface area contributed by atoms with Gasteiger partial charge in [0.25, 0.3) is 0 Å². The van der Waals surface area contributed by atoms with Crippen molar-refractivity contribution >= 4 is 11.6 Å². The molecule has 0 aliphatic heterocycles. The molecule has 1 saturated carbocycles. The second-order valence-electron chi connectivity index (χ2n) is 5.87. The van der Waals surface area contributed by atoms with E-state index in [4.69, 9.17) is 11.6 Å². The van der Waals surface area contributed by atoms with Gasteiger partial charge in [-0.2, -0.15) is 18.3 Å². The molecular weight excluding hydrogens is 327 g/mol. The van der Waals surface area contributed by atoms with Crippen LogP contribution < -0.4 is 5.32 Å². The number of nitrogens with one attached hydrogen (secondary N) is 1. The Labute approximate surface area is 137 Å². The molecule has 1 heterocycles. The predicted molar refractivity (Wildman–Crippen MR) is 82.0 cm³/mol. The van der Waals surface area contributed by atoms with Crippen LogP contribution in [-0.4, -0.2) is 9.78 Å². The van der Waals surface area contributed by atoms with Gasteiger partial charge in [-0.3, -0.25) is 10.00 Å². The first-order chi connectivity index (χ1) is 10.9. The van der Waals surface area contributed by atoms with Crippen LogP contribution in [0.25, 0.3) is 0 Å². The van der Waals surface area contributed by atoms with Crippen molar-refractivity contribution < 1.29 is 13.2 Å². The van der Waals surface area contributed by atoms with Crippen molar-refractivity contribution in [2.24, 2.45) is 0 Å². The van der Waals surface area contributed by atoms with Crippen LogP contribution in [0.5, 0.6) is 0 Å². The quantitative estimate of drug-likeness (QED) is 0.881. The van der Waals surface area contributed by atoms with Crippen LogP contribution in [0.3, 0.4) is 0 Å². The third-order valence-corrected chi connectivity index (χ3v) is 4.62. The minimum absolute atomic E-state index is 0.227. The Hall–Kier alpha value is -1.53. The van der Waals surface area contributed by atoms with Crippen molar-refractivity contribution in [1.82, 2.24) is 15.1 Å². The van der Waals surface area contributed by atoms with E-state index in [0.717, 1.165) is 37.3 Å². The highest BCUT2D eigenvalue weighted by molar-refractivity contribution is 6.30. The Morgan fingerprint density at radius 2 is 1.78 bits per heavy atom. The standard InChI is InChI=1S/C16H17ClF3N3/c17-13-5-3-12(4-6-13)15(8-1-2-9-15)21-11-23-10-7-14(22-23)16(18,19)20/h3-7,10,21H,1-2,8-9,11H2. The largest absolute Gasteiger partial charge is 0.435 e. The highest BCUT2D eigenvalue weighted by Crippen LogP contribution is 2.39. The lowest BCUT2D eigenvalue weighted by Gasteiger charge is -2.31.